The lowest BCUT2D eigenvalue weighted by atomic mass is 10.2. The van der Waals surface area contributed by atoms with Gasteiger partial charge in [0, 0.05) is 12.1 Å². The number of furan rings is 1. The molecule has 0 amide bonds. The fraction of sp³-hybridized carbons (Fsp3) is 0.294. The number of nitrogens with zero attached hydrogens (tertiary/aromatic N) is 4. The number of benzene rings is 1. The molecular formula is C17H17FN4O2. The van der Waals surface area contributed by atoms with Crippen molar-refractivity contribution in [2.45, 2.75) is 19.3 Å². The second-order valence-corrected chi connectivity index (χ2v) is 5.71. The van der Waals surface area contributed by atoms with Crippen molar-refractivity contribution >= 4 is 0 Å². The third kappa shape index (κ3) is 3.08. The SMILES string of the molecule is Fc1ccccc1Cn1cc(C2OCCN2Cc2ccco2)nn1. The zero-order valence-corrected chi connectivity index (χ0v) is 13.0. The van der Waals surface area contributed by atoms with Gasteiger partial charge >= 0.3 is 0 Å². The minimum atomic E-state index is -0.260. The molecule has 0 spiro atoms. The Morgan fingerprint density at radius 3 is 2.92 bits per heavy atom. The standard InChI is InChI=1S/C17H17FN4O2/c18-15-6-2-1-4-13(15)10-22-12-16(19-20-22)17-21(7-9-24-17)11-14-5-3-8-23-14/h1-6,8,12,17H,7,9-11H2. The number of rotatable bonds is 5. The molecule has 0 saturated carbocycles. The average molecular weight is 328 g/mol. The normalized spacial score (nSPS) is 18.3. The van der Waals surface area contributed by atoms with Gasteiger partial charge in [0.1, 0.15) is 17.3 Å². The topological polar surface area (TPSA) is 56.3 Å². The fourth-order valence-corrected chi connectivity index (χ4v) is 2.85. The van der Waals surface area contributed by atoms with E-state index in [2.05, 4.69) is 15.2 Å². The number of hydrogen-bond acceptors (Lipinski definition) is 5. The molecule has 1 aliphatic rings. The Kier molecular flexibility index (Phi) is 4.10. The van der Waals surface area contributed by atoms with E-state index in [9.17, 15) is 4.39 Å². The Labute approximate surface area is 138 Å². The van der Waals surface area contributed by atoms with E-state index in [1.807, 2.05) is 12.1 Å². The first kappa shape index (κ1) is 15.0. The van der Waals surface area contributed by atoms with Gasteiger partial charge in [-0.05, 0) is 18.2 Å². The van der Waals surface area contributed by atoms with Crippen molar-refractivity contribution < 1.29 is 13.5 Å². The van der Waals surface area contributed by atoms with E-state index in [1.165, 1.54) is 6.07 Å². The number of aromatic nitrogens is 3. The molecule has 3 heterocycles. The van der Waals surface area contributed by atoms with Crippen LogP contribution in [0.25, 0.3) is 0 Å². The number of halogens is 1. The molecular weight excluding hydrogens is 311 g/mol. The summed E-state index contributed by atoms with van der Waals surface area (Å²) in [6, 6.07) is 10.5. The first-order valence-electron chi connectivity index (χ1n) is 7.81. The molecule has 0 radical (unpaired) electrons. The molecule has 1 unspecified atom stereocenters. The van der Waals surface area contributed by atoms with E-state index in [4.69, 9.17) is 9.15 Å². The molecule has 0 bridgehead atoms. The molecule has 1 aliphatic heterocycles. The monoisotopic (exact) mass is 328 g/mol. The summed E-state index contributed by atoms with van der Waals surface area (Å²) in [7, 11) is 0. The zero-order chi connectivity index (χ0) is 16.4. The van der Waals surface area contributed by atoms with Gasteiger partial charge in [0.2, 0.25) is 0 Å². The second kappa shape index (κ2) is 6.54. The highest BCUT2D eigenvalue weighted by molar-refractivity contribution is 5.17. The lowest BCUT2D eigenvalue weighted by Crippen LogP contribution is -2.23. The van der Waals surface area contributed by atoms with Crippen molar-refractivity contribution in [3.63, 3.8) is 0 Å². The summed E-state index contributed by atoms with van der Waals surface area (Å²) in [5.41, 5.74) is 1.30. The van der Waals surface area contributed by atoms with E-state index in [-0.39, 0.29) is 12.0 Å². The van der Waals surface area contributed by atoms with Crippen LogP contribution in [0.2, 0.25) is 0 Å². The van der Waals surface area contributed by atoms with Crippen LogP contribution >= 0.6 is 0 Å². The van der Waals surface area contributed by atoms with E-state index in [0.29, 0.717) is 25.3 Å². The Morgan fingerprint density at radius 1 is 1.17 bits per heavy atom. The minimum Gasteiger partial charge on any atom is -0.468 e. The highest BCUT2D eigenvalue weighted by atomic mass is 19.1. The molecule has 0 aliphatic carbocycles. The summed E-state index contributed by atoms with van der Waals surface area (Å²) in [5.74, 6) is 0.635. The largest absolute Gasteiger partial charge is 0.468 e. The second-order valence-electron chi connectivity index (χ2n) is 5.71. The van der Waals surface area contributed by atoms with Crippen molar-refractivity contribution in [2.24, 2.45) is 0 Å². The maximum atomic E-state index is 13.8. The van der Waals surface area contributed by atoms with Crippen LogP contribution in [-0.2, 0) is 17.8 Å². The quantitative estimate of drug-likeness (QED) is 0.720. The number of ether oxygens (including phenoxy) is 1. The Balaban J connectivity index is 1.48. The molecule has 1 atom stereocenters. The van der Waals surface area contributed by atoms with Crippen molar-refractivity contribution in [2.75, 3.05) is 13.2 Å². The Morgan fingerprint density at radius 2 is 2.08 bits per heavy atom. The van der Waals surface area contributed by atoms with E-state index in [1.54, 1.807) is 35.3 Å². The lowest BCUT2D eigenvalue weighted by molar-refractivity contribution is 0.0223. The first-order chi connectivity index (χ1) is 11.8. The molecule has 1 fully saturated rings. The summed E-state index contributed by atoms with van der Waals surface area (Å²) in [4.78, 5) is 2.14. The molecule has 1 saturated heterocycles. The molecule has 4 rings (SSSR count). The van der Waals surface area contributed by atoms with Crippen LogP contribution in [0, 0.1) is 5.82 Å². The van der Waals surface area contributed by atoms with Crippen LogP contribution in [-0.4, -0.2) is 33.0 Å². The van der Waals surface area contributed by atoms with Gasteiger partial charge in [-0.15, -0.1) is 5.10 Å². The summed E-state index contributed by atoms with van der Waals surface area (Å²) < 4.78 is 26.6. The van der Waals surface area contributed by atoms with Gasteiger partial charge in [-0.1, -0.05) is 23.4 Å². The molecule has 24 heavy (non-hydrogen) atoms. The van der Waals surface area contributed by atoms with Crippen molar-refractivity contribution in [3.8, 4) is 0 Å². The van der Waals surface area contributed by atoms with Crippen LogP contribution in [0.3, 0.4) is 0 Å². The van der Waals surface area contributed by atoms with E-state index >= 15 is 0 Å². The first-order valence-corrected chi connectivity index (χ1v) is 7.81. The third-order valence-electron chi connectivity index (χ3n) is 4.02. The minimum absolute atomic E-state index is 0.244. The van der Waals surface area contributed by atoms with Crippen LogP contribution < -0.4 is 0 Å². The smallest absolute Gasteiger partial charge is 0.157 e. The van der Waals surface area contributed by atoms with Crippen molar-refractivity contribution in [1.82, 2.24) is 19.9 Å². The van der Waals surface area contributed by atoms with E-state index in [0.717, 1.165) is 18.0 Å². The highest BCUT2D eigenvalue weighted by Crippen LogP contribution is 2.27. The Hall–Kier alpha value is -2.51. The van der Waals surface area contributed by atoms with Crippen molar-refractivity contribution in [1.29, 1.82) is 0 Å². The molecule has 6 nitrogen and oxygen atoms in total. The third-order valence-corrected chi connectivity index (χ3v) is 4.02. The van der Waals surface area contributed by atoms with Crippen LogP contribution in [0.15, 0.2) is 53.3 Å². The van der Waals surface area contributed by atoms with Gasteiger partial charge in [0.15, 0.2) is 6.23 Å². The predicted octanol–water partition coefficient (Wildman–Crippen LogP) is 2.59. The van der Waals surface area contributed by atoms with Crippen LogP contribution in [0.4, 0.5) is 4.39 Å². The lowest BCUT2D eigenvalue weighted by Gasteiger charge is -2.19. The summed E-state index contributed by atoms with van der Waals surface area (Å²) in [6.07, 6.45) is 3.20. The maximum Gasteiger partial charge on any atom is 0.157 e. The van der Waals surface area contributed by atoms with Gasteiger partial charge in [0.25, 0.3) is 0 Å². The van der Waals surface area contributed by atoms with Gasteiger partial charge in [0.05, 0.1) is 32.2 Å². The zero-order valence-electron chi connectivity index (χ0n) is 13.0. The molecule has 2 aromatic heterocycles. The van der Waals surface area contributed by atoms with Crippen LogP contribution in [0.1, 0.15) is 23.2 Å². The Bertz CT molecular complexity index is 803. The number of hydrogen-bond donors (Lipinski definition) is 0. The van der Waals surface area contributed by atoms with Crippen molar-refractivity contribution in [3.05, 3.63) is 71.7 Å². The van der Waals surface area contributed by atoms with Gasteiger partial charge in [-0.2, -0.15) is 0 Å². The summed E-state index contributed by atoms with van der Waals surface area (Å²) in [6.45, 7) is 2.42. The van der Waals surface area contributed by atoms with Gasteiger partial charge in [-0.3, -0.25) is 4.90 Å². The summed E-state index contributed by atoms with van der Waals surface area (Å²) in [5, 5.41) is 8.30. The van der Waals surface area contributed by atoms with Crippen LogP contribution in [0.5, 0.6) is 0 Å². The maximum absolute atomic E-state index is 13.8. The highest BCUT2D eigenvalue weighted by Gasteiger charge is 2.30. The molecule has 1 aromatic carbocycles. The molecule has 3 aromatic rings. The fourth-order valence-electron chi connectivity index (χ4n) is 2.85. The van der Waals surface area contributed by atoms with E-state index < -0.39 is 0 Å². The molecule has 7 heteroatoms. The summed E-state index contributed by atoms with van der Waals surface area (Å²) >= 11 is 0. The average Bonchev–Trinajstić information content (AvgIpc) is 3.32. The molecule has 124 valence electrons. The molecule has 0 N–H and O–H groups in total. The van der Waals surface area contributed by atoms with Gasteiger partial charge < -0.3 is 9.15 Å². The predicted molar refractivity (Wildman–Crippen MR) is 83.3 cm³/mol. The van der Waals surface area contributed by atoms with Gasteiger partial charge in [-0.25, -0.2) is 9.07 Å².